The van der Waals surface area contributed by atoms with Crippen LogP contribution in [0.1, 0.15) is 28.2 Å². The van der Waals surface area contributed by atoms with Gasteiger partial charge in [0, 0.05) is 47.2 Å². The van der Waals surface area contributed by atoms with Crippen molar-refractivity contribution in [3.8, 4) is 11.1 Å². The predicted molar refractivity (Wildman–Crippen MR) is 149 cm³/mol. The number of carbonyl (C=O) groups excluding carboxylic acids is 3. The number of carbonyl (C=O) groups is 3. The number of aryl methyl sites for hydroxylation is 1. The summed E-state index contributed by atoms with van der Waals surface area (Å²) in [6.45, 7) is 2.41. The number of nitrogens with one attached hydrogen (secondary N) is 3. The van der Waals surface area contributed by atoms with Gasteiger partial charge in [0.1, 0.15) is 6.04 Å². The molecule has 4 aromatic rings. The molecular formula is C30H29FN6O5. The minimum absolute atomic E-state index is 0.0235. The fourth-order valence-electron chi connectivity index (χ4n) is 5.32. The molecule has 3 amide bonds. The SMILES string of the molecule is Cc1ccc(-c2cnc(C(=O)NCC(=O)N3CC4(C[C@H]3C(=O)NCc3cc5cnccc5[nH]3)OCCO4)c(F)c2)cc1. The van der Waals surface area contributed by atoms with Gasteiger partial charge in [0.25, 0.3) is 5.91 Å². The normalized spacial score (nSPS) is 17.6. The van der Waals surface area contributed by atoms with Crippen LogP contribution in [0.5, 0.6) is 0 Å². The van der Waals surface area contributed by atoms with Gasteiger partial charge in [0.05, 0.1) is 32.8 Å². The Morgan fingerprint density at radius 1 is 1.07 bits per heavy atom. The van der Waals surface area contributed by atoms with Gasteiger partial charge >= 0.3 is 0 Å². The monoisotopic (exact) mass is 572 g/mol. The molecule has 3 N–H and O–H groups in total. The van der Waals surface area contributed by atoms with Gasteiger partial charge in [0.2, 0.25) is 11.8 Å². The van der Waals surface area contributed by atoms with Crippen molar-refractivity contribution in [2.24, 2.45) is 0 Å². The number of benzene rings is 1. The van der Waals surface area contributed by atoms with E-state index in [1.165, 1.54) is 17.2 Å². The maximum Gasteiger partial charge on any atom is 0.273 e. The number of aromatic nitrogens is 3. The van der Waals surface area contributed by atoms with Crippen molar-refractivity contribution < 1.29 is 28.2 Å². The van der Waals surface area contributed by atoms with Gasteiger partial charge in [-0.3, -0.25) is 19.4 Å². The van der Waals surface area contributed by atoms with Crippen molar-refractivity contribution in [2.75, 3.05) is 26.3 Å². The summed E-state index contributed by atoms with van der Waals surface area (Å²) in [5, 5.41) is 6.22. The highest BCUT2D eigenvalue weighted by molar-refractivity contribution is 5.96. The third-order valence-electron chi connectivity index (χ3n) is 7.50. The Morgan fingerprint density at radius 2 is 1.86 bits per heavy atom. The molecule has 216 valence electrons. The molecule has 2 saturated heterocycles. The van der Waals surface area contributed by atoms with E-state index in [-0.39, 0.29) is 25.4 Å². The standard InChI is InChI=1S/C30H29FN6O5/c1-18-2-4-19(5-3-18)20-11-23(31)27(33-14-20)29(40)35-16-26(38)37-17-30(41-8-9-42-30)12-25(37)28(39)34-15-22-10-21-13-32-7-6-24(21)36-22/h2-7,10-11,13-14,25,36H,8-9,12,15-17H2,1H3,(H,34,39)(H,35,40)/t25-/m0/s1. The number of fused-ring (bicyclic) bond motifs is 1. The molecule has 11 nitrogen and oxygen atoms in total. The molecule has 12 heteroatoms. The van der Waals surface area contributed by atoms with Crippen molar-refractivity contribution in [1.29, 1.82) is 0 Å². The lowest BCUT2D eigenvalue weighted by molar-refractivity contribution is -0.152. The number of ether oxygens (including phenoxy) is 2. The number of rotatable bonds is 7. The van der Waals surface area contributed by atoms with Crippen molar-refractivity contribution in [2.45, 2.75) is 31.7 Å². The number of pyridine rings is 2. The van der Waals surface area contributed by atoms with E-state index in [1.54, 1.807) is 12.4 Å². The molecule has 6 rings (SSSR count). The lowest BCUT2D eigenvalue weighted by Gasteiger charge is -2.24. The topological polar surface area (TPSA) is 139 Å². The van der Waals surface area contributed by atoms with E-state index in [2.05, 4.69) is 25.6 Å². The van der Waals surface area contributed by atoms with Crippen LogP contribution in [0.3, 0.4) is 0 Å². The molecule has 0 radical (unpaired) electrons. The summed E-state index contributed by atoms with van der Waals surface area (Å²) in [7, 11) is 0. The molecular weight excluding hydrogens is 543 g/mol. The number of nitrogens with zero attached hydrogens (tertiary/aromatic N) is 3. The van der Waals surface area contributed by atoms with E-state index in [0.717, 1.165) is 27.7 Å². The summed E-state index contributed by atoms with van der Waals surface area (Å²) >= 11 is 0. The lowest BCUT2D eigenvalue weighted by Crippen LogP contribution is -2.49. The average molecular weight is 573 g/mol. The van der Waals surface area contributed by atoms with E-state index in [1.807, 2.05) is 43.3 Å². The largest absolute Gasteiger partial charge is 0.357 e. The number of aromatic amines is 1. The van der Waals surface area contributed by atoms with E-state index >= 15 is 0 Å². The molecule has 1 aromatic carbocycles. The summed E-state index contributed by atoms with van der Waals surface area (Å²) < 4.78 is 26.4. The van der Waals surface area contributed by atoms with Crippen molar-refractivity contribution in [1.82, 2.24) is 30.5 Å². The highest BCUT2D eigenvalue weighted by Gasteiger charge is 2.52. The minimum atomic E-state index is -1.09. The summed E-state index contributed by atoms with van der Waals surface area (Å²) in [6, 6.07) is 11.6. The van der Waals surface area contributed by atoms with Crippen molar-refractivity contribution in [3.63, 3.8) is 0 Å². The number of hydrogen-bond donors (Lipinski definition) is 3. The number of amides is 3. The number of H-pyrrole nitrogens is 1. The zero-order valence-corrected chi connectivity index (χ0v) is 22.9. The molecule has 2 aliphatic heterocycles. The Balaban J connectivity index is 1.11. The van der Waals surface area contributed by atoms with Crippen LogP contribution in [-0.4, -0.2) is 75.7 Å². The van der Waals surface area contributed by atoms with Gasteiger partial charge in [-0.1, -0.05) is 29.8 Å². The first-order valence-corrected chi connectivity index (χ1v) is 13.6. The van der Waals surface area contributed by atoms with Gasteiger partial charge in [-0.05, 0) is 30.7 Å². The van der Waals surface area contributed by atoms with E-state index in [4.69, 9.17) is 9.47 Å². The van der Waals surface area contributed by atoms with Crippen LogP contribution < -0.4 is 10.6 Å². The molecule has 5 heterocycles. The quantitative estimate of drug-likeness (QED) is 0.309. The molecule has 2 fully saturated rings. The van der Waals surface area contributed by atoms with Crippen LogP contribution in [0.25, 0.3) is 22.0 Å². The molecule has 2 aliphatic rings. The van der Waals surface area contributed by atoms with Gasteiger partial charge in [-0.25, -0.2) is 9.37 Å². The molecule has 0 saturated carbocycles. The molecule has 1 atom stereocenters. The molecule has 0 aliphatic carbocycles. The highest BCUT2D eigenvalue weighted by Crippen LogP contribution is 2.35. The minimum Gasteiger partial charge on any atom is -0.357 e. The summed E-state index contributed by atoms with van der Waals surface area (Å²) in [6.07, 6.45) is 4.95. The highest BCUT2D eigenvalue weighted by atomic mass is 19.1. The second-order valence-electron chi connectivity index (χ2n) is 10.4. The number of halogens is 1. The molecule has 3 aromatic heterocycles. The van der Waals surface area contributed by atoms with Crippen LogP contribution in [0.15, 0.2) is 61.1 Å². The molecule has 42 heavy (non-hydrogen) atoms. The van der Waals surface area contributed by atoms with Gasteiger partial charge in [0.15, 0.2) is 17.3 Å². The lowest BCUT2D eigenvalue weighted by atomic mass is 10.1. The summed E-state index contributed by atoms with van der Waals surface area (Å²) in [4.78, 5) is 51.9. The number of likely N-dealkylation sites (tertiary alicyclic amines) is 1. The zero-order valence-electron chi connectivity index (χ0n) is 22.9. The Bertz CT molecular complexity index is 1620. The van der Waals surface area contributed by atoms with Gasteiger partial charge < -0.3 is 30.0 Å². The maximum absolute atomic E-state index is 14.8. The fraction of sp³-hybridized carbons (Fsp3) is 0.300. The van der Waals surface area contributed by atoms with E-state index < -0.39 is 41.7 Å². The molecule has 0 bridgehead atoms. The van der Waals surface area contributed by atoms with E-state index in [0.29, 0.717) is 18.8 Å². The Labute approximate surface area is 240 Å². The third kappa shape index (κ3) is 5.58. The Morgan fingerprint density at radius 3 is 2.60 bits per heavy atom. The van der Waals surface area contributed by atoms with Crippen LogP contribution in [0.2, 0.25) is 0 Å². The average Bonchev–Trinajstić information content (AvgIpc) is 3.73. The van der Waals surface area contributed by atoms with Crippen molar-refractivity contribution >= 4 is 28.6 Å². The maximum atomic E-state index is 14.8. The second-order valence-corrected chi connectivity index (χ2v) is 10.4. The third-order valence-corrected chi connectivity index (χ3v) is 7.50. The fourth-order valence-corrected chi connectivity index (χ4v) is 5.32. The zero-order chi connectivity index (χ0) is 29.3. The first kappa shape index (κ1) is 27.5. The first-order chi connectivity index (χ1) is 20.3. The molecule has 0 unspecified atom stereocenters. The van der Waals surface area contributed by atoms with Crippen LogP contribution in [0.4, 0.5) is 4.39 Å². The number of hydrogen-bond acceptors (Lipinski definition) is 7. The summed E-state index contributed by atoms with van der Waals surface area (Å²) in [5.74, 6) is -3.66. The van der Waals surface area contributed by atoms with Crippen LogP contribution in [0, 0.1) is 12.7 Å². The predicted octanol–water partition coefficient (Wildman–Crippen LogP) is 2.46. The van der Waals surface area contributed by atoms with Crippen LogP contribution >= 0.6 is 0 Å². The Kier molecular flexibility index (Phi) is 7.40. The Hall–Kier alpha value is -4.68. The van der Waals surface area contributed by atoms with Gasteiger partial charge in [-0.15, -0.1) is 0 Å². The second kappa shape index (κ2) is 11.3. The first-order valence-electron chi connectivity index (χ1n) is 13.6. The van der Waals surface area contributed by atoms with Crippen LogP contribution in [-0.2, 0) is 25.6 Å². The smallest absolute Gasteiger partial charge is 0.273 e. The van der Waals surface area contributed by atoms with Crippen molar-refractivity contribution in [3.05, 3.63) is 83.8 Å². The summed E-state index contributed by atoms with van der Waals surface area (Å²) in [5.41, 5.74) is 3.60. The van der Waals surface area contributed by atoms with Gasteiger partial charge in [-0.2, -0.15) is 0 Å². The molecule has 1 spiro atoms. The van der Waals surface area contributed by atoms with E-state index in [9.17, 15) is 18.8 Å².